The predicted molar refractivity (Wildman–Crippen MR) is 132 cm³/mol. The van der Waals surface area contributed by atoms with Crippen LogP contribution in [0.2, 0.25) is 0 Å². The number of nitrogens with one attached hydrogen (secondary N) is 1. The first kappa shape index (κ1) is 26.7. The van der Waals surface area contributed by atoms with Crippen LogP contribution in [0.4, 0.5) is 0 Å². The first-order chi connectivity index (χ1) is 15.6. The highest BCUT2D eigenvalue weighted by atomic mass is 31.2. The number of aromatic amines is 1. The van der Waals surface area contributed by atoms with Gasteiger partial charge in [0, 0.05) is 46.0 Å². The van der Waals surface area contributed by atoms with Crippen molar-refractivity contribution in [3.05, 3.63) is 33.1 Å². The van der Waals surface area contributed by atoms with Gasteiger partial charge in [-0.15, -0.1) is 0 Å². The Morgan fingerprint density at radius 1 is 1.12 bits per heavy atom. The molecule has 12 heteroatoms. The van der Waals surface area contributed by atoms with E-state index in [1.165, 1.54) is 16.8 Å². The summed E-state index contributed by atoms with van der Waals surface area (Å²) >= 11 is 0. The predicted octanol–water partition coefficient (Wildman–Crippen LogP) is 2.33. The Kier molecular flexibility index (Phi) is 7.53. The molecule has 0 amide bonds. The summed E-state index contributed by atoms with van der Waals surface area (Å²) < 4.78 is 34.7. The number of hydrogen-bond donors (Lipinski definition) is 1. The first-order valence-electron chi connectivity index (χ1n) is 11.6. The average Bonchev–Trinajstić information content (AvgIpc) is 2.96. The van der Waals surface area contributed by atoms with Crippen LogP contribution in [0.25, 0.3) is 0 Å². The van der Waals surface area contributed by atoms with Crippen molar-refractivity contribution in [3.63, 3.8) is 0 Å². The van der Waals surface area contributed by atoms with E-state index in [4.69, 9.17) is 14.0 Å². The molecular formula is C22H39N6O5P. The molecule has 2 fully saturated rings. The second kappa shape index (κ2) is 9.60. The quantitative estimate of drug-likeness (QED) is 0.616. The van der Waals surface area contributed by atoms with E-state index in [0.29, 0.717) is 18.9 Å². The summed E-state index contributed by atoms with van der Waals surface area (Å²) in [5.74, 6) is 0.601. The molecule has 192 valence electrons. The van der Waals surface area contributed by atoms with Gasteiger partial charge in [-0.05, 0) is 32.6 Å². The highest BCUT2D eigenvalue weighted by molar-refractivity contribution is 7.55. The molecule has 2 aliphatic rings. The van der Waals surface area contributed by atoms with Gasteiger partial charge in [0.25, 0.3) is 5.56 Å². The van der Waals surface area contributed by atoms with Gasteiger partial charge in [-0.2, -0.15) is 4.76 Å². The van der Waals surface area contributed by atoms with Crippen LogP contribution < -0.4 is 11.2 Å². The van der Waals surface area contributed by atoms with E-state index in [2.05, 4.69) is 25.8 Å². The van der Waals surface area contributed by atoms with Gasteiger partial charge < -0.3 is 14.5 Å². The molecule has 3 atom stereocenters. The van der Waals surface area contributed by atoms with Crippen LogP contribution in [-0.2, 0) is 13.8 Å². The van der Waals surface area contributed by atoms with E-state index < -0.39 is 30.7 Å². The van der Waals surface area contributed by atoms with Gasteiger partial charge in [0.2, 0.25) is 5.96 Å². The summed E-state index contributed by atoms with van der Waals surface area (Å²) in [5, 5.41) is 0. The van der Waals surface area contributed by atoms with Crippen LogP contribution in [-0.4, -0.2) is 82.0 Å². The fourth-order valence-corrected chi connectivity index (χ4v) is 6.43. The Morgan fingerprint density at radius 3 is 2.26 bits per heavy atom. The molecule has 1 aromatic rings. The Morgan fingerprint density at radius 2 is 1.74 bits per heavy atom. The summed E-state index contributed by atoms with van der Waals surface area (Å²) in [6.45, 7) is 13.8. The van der Waals surface area contributed by atoms with Gasteiger partial charge in [0.1, 0.15) is 0 Å². The molecule has 2 aliphatic heterocycles. The highest BCUT2D eigenvalue weighted by Crippen LogP contribution is 2.57. The van der Waals surface area contributed by atoms with Crippen molar-refractivity contribution in [2.24, 2.45) is 10.2 Å². The molecule has 0 saturated carbocycles. The van der Waals surface area contributed by atoms with Crippen LogP contribution in [0.5, 0.6) is 0 Å². The molecule has 0 radical (unpaired) electrons. The number of guanidine groups is 1. The lowest BCUT2D eigenvalue weighted by Gasteiger charge is -2.43. The molecule has 11 nitrogen and oxygen atoms in total. The van der Waals surface area contributed by atoms with Gasteiger partial charge in [0.05, 0.1) is 18.2 Å². The number of likely N-dealkylation sites (N-methyl/N-ethyl adjacent to an activating group) is 2. The molecule has 0 aliphatic carbocycles. The van der Waals surface area contributed by atoms with E-state index in [1.807, 2.05) is 44.7 Å². The number of rotatable bonds is 5. The van der Waals surface area contributed by atoms with E-state index in [0.717, 1.165) is 13.1 Å². The van der Waals surface area contributed by atoms with E-state index in [-0.39, 0.29) is 18.1 Å². The van der Waals surface area contributed by atoms with Crippen molar-refractivity contribution < 1.29 is 13.8 Å². The molecule has 1 unspecified atom stereocenters. The second-order valence-electron chi connectivity index (χ2n) is 11.3. The molecular weight excluding hydrogens is 459 g/mol. The lowest BCUT2D eigenvalue weighted by Crippen LogP contribution is -2.48. The maximum absolute atomic E-state index is 14.5. The molecule has 34 heavy (non-hydrogen) atoms. The van der Waals surface area contributed by atoms with E-state index in [9.17, 15) is 14.2 Å². The summed E-state index contributed by atoms with van der Waals surface area (Å²) in [4.78, 5) is 30.3. The Labute approximate surface area is 201 Å². The number of ether oxygens (including phenoxy) is 1. The number of aromatic nitrogens is 2. The molecule has 3 heterocycles. The number of hydrogen-bond acceptors (Lipinski definition) is 5. The van der Waals surface area contributed by atoms with Crippen LogP contribution in [0.15, 0.2) is 26.6 Å². The molecule has 3 rings (SSSR count). The van der Waals surface area contributed by atoms with Crippen LogP contribution in [0.1, 0.15) is 54.2 Å². The third-order valence-electron chi connectivity index (χ3n) is 5.55. The maximum Gasteiger partial charge on any atom is 0.393 e. The lowest BCUT2D eigenvalue weighted by molar-refractivity contribution is -0.118. The van der Waals surface area contributed by atoms with Crippen molar-refractivity contribution in [1.29, 1.82) is 0 Å². The van der Waals surface area contributed by atoms with Crippen LogP contribution in [0.3, 0.4) is 0 Å². The van der Waals surface area contributed by atoms with Gasteiger partial charge in [-0.1, -0.05) is 20.8 Å². The third kappa shape index (κ3) is 6.59. The largest absolute Gasteiger partial charge is 0.393 e. The number of morpholine rings is 1. The van der Waals surface area contributed by atoms with Gasteiger partial charge in [0.15, 0.2) is 6.23 Å². The van der Waals surface area contributed by atoms with E-state index in [1.54, 1.807) is 4.67 Å². The van der Waals surface area contributed by atoms with Crippen molar-refractivity contribution >= 4 is 13.6 Å². The maximum atomic E-state index is 14.5. The van der Waals surface area contributed by atoms with Crippen molar-refractivity contribution in [2.45, 2.75) is 65.9 Å². The van der Waals surface area contributed by atoms with Gasteiger partial charge >= 0.3 is 13.4 Å². The zero-order valence-electron chi connectivity index (χ0n) is 21.6. The van der Waals surface area contributed by atoms with Crippen LogP contribution in [0, 0.1) is 5.41 Å². The normalized spacial score (nSPS) is 24.4. The van der Waals surface area contributed by atoms with Crippen molar-refractivity contribution in [3.8, 4) is 0 Å². The zero-order valence-corrected chi connectivity index (χ0v) is 22.5. The number of nitrogens with zero attached hydrogens (tertiary/aromatic N) is 5. The van der Waals surface area contributed by atoms with Gasteiger partial charge in [-0.3, -0.25) is 18.9 Å². The molecule has 0 bridgehead atoms. The van der Waals surface area contributed by atoms with Crippen LogP contribution >= 0.6 is 7.67 Å². The summed E-state index contributed by atoms with van der Waals surface area (Å²) in [6, 6.07) is 1.27. The monoisotopic (exact) mass is 498 g/mol. The first-order valence-corrected chi connectivity index (χ1v) is 13.1. The molecule has 1 N–H and O–H groups in total. The van der Waals surface area contributed by atoms with E-state index >= 15 is 0 Å². The van der Waals surface area contributed by atoms with Gasteiger partial charge in [-0.25, -0.2) is 14.0 Å². The summed E-state index contributed by atoms with van der Waals surface area (Å²) in [5.41, 5.74) is -1.86. The minimum atomic E-state index is -3.75. The fourth-order valence-electron chi connectivity index (χ4n) is 4.16. The number of H-pyrrole nitrogens is 1. The zero-order chi connectivity index (χ0) is 25.5. The highest BCUT2D eigenvalue weighted by Gasteiger charge is 2.44. The van der Waals surface area contributed by atoms with Crippen molar-refractivity contribution in [2.75, 3.05) is 40.3 Å². The third-order valence-corrected chi connectivity index (χ3v) is 7.81. The summed E-state index contributed by atoms with van der Waals surface area (Å²) in [6.07, 6.45) is 0.989. The lowest BCUT2D eigenvalue weighted by atomic mass is 9.89. The average molecular weight is 499 g/mol. The molecule has 2 saturated heterocycles. The van der Waals surface area contributed by atoms with Crippen molar-refractivity contribution in [1.82, 2.24) is 24.0 Å². The smallest absolute Gasteiger partial charge is 0.352 e. The summed E-state index contributed by atoms with van der Waals surface area (Å²) in [7, 11) is 0.0669. The molecule has 0 spiro atoms. The Hall–Kier alpha value is -1.94. The minimum Gasteiger partial charge on any atom is -0.352 e. The molecule has 0 aromatic carbocycles. The minimum absolute atomic E-state index is 0.0686. The second-order valence-corrected chi connectivity index (χ2v) is 13.2. The Bertz CT molecular complexity index is 1060. The SMILES string of the molecule is CN1CCN(C)C1=NP(=O)(OC(C)(C)C)N1C[C@@H](CC(C)(C)C)O[C@@H](n2ccc(=O)[nH]c2=O)C1. The fraction of sp³-hybridized carbons (Fsp3) is 0.773. The topological polar surface area (TPSA) is 112 Å². The standard InChI is InChI=1S/C22H39N6O5P/c1-21(2,3)13-16-14-27(15-18(32-16)28-10-9-17(29)23-20(28)30)34(31,33-22(4,5)6)24-19-25(7)11-12-26(19)8/h9-10,16,18H,11-15H2,1-8H3,(H,23,29,30)/t16-,18-,34?/m1/s1. The molecule has 1 aromatic heterocycles. The Balaban J connectivity index is 2.06.